The third-order valence-corrected chi connectivity index (χ3v) is 3.98. The van der Waals surface area contributed by atoms with E-state index >= 15 is 0 Å². The number of oxazole rings is 1. The fourth-order valence-electron chi connectivity index (χ4n) is 2.55. The summed E-state index contributed by atoms with van der Waals surface area (Å²) >= 11 is 0. The van der Waals surface area contributed by atoms with Gasteiger partial charge in [0.1, 0.15) is 5.52 Å². The molecule has 0 radical (unpaired) electrons. The first-order chi connectivity index (χ1) is 12.1. The number of para-hydroxylation sites is 2. The highest BCUT2D eigenvalue weighted by atomic mass is 16.5. The molecule has 0 aliphatic heterocycles. The van der Waals surface area contributed by atoms with E-state index in [-0.39, 0.29) is 6.61 Å². The van der Waals surface area contributed by atoms with Crippen molar-refractivity contribution in [1.82, 2.24) is 15.0 Å². The molecule has 2 aromatic heterocycles. The maximum atomic E-state index is 12.3. The first-order valence-corrected chi connectivity index (χ1v) is 7.87. The smallest absolute Gasteiger partial charge is 0.338 e. The lowest BCUT2D eigenvalue weighted by molar-refractivity contribution is 0.0440. The van der Waals surface area contributed by atoms with Crippen LogP contribution in [0, 0.1) is 13.8 Å². The lowest BCUT2D eigenvalue weighted by Crippen LogP contribution is -2.06. The molecule has 0 unspecified atom stereocenters. The van der Waals surface area contributed by atoms with Gasteiger partial charge in [-0.15, -0.1) is 0 Å². The number of ether oxygens (including phenoxy) is 1. The highest BCUT2D eigenvalue weighted by Crippen LogP contribution is 2.17. The highest BCUT2D eigenvalue weighted by molar-refractivity contribution is 5.93. The van der Waals surface area contributed by atoms with Crippen LogP contribution in [0.4, 0.5) is 0 Å². The van der Waals surface area contributed by atoms with Gasteiger partial charge in [-0.25, -0.2) is 19.7 Å². The van der Waals surface area contributed by atoms with E-state index in [0.29, 0.717) is 22.6 Å². The number of aromatic nitrogens is 3. The Morgan fingerprint density at radius 1 is 0.960 bits per heavy atom. The zero-order valence-corrected chi connectivity index (χ0v) is 13.8. The molecule has 124 valence electrons. The summed E-state index contributed by atoms with van der Waals surface area (Å²) in [5, 5.41) is 0. The molecular formula is C19H15N3O3. The summed E-state index contributed by atoms with van der Waals surface area (Å²) in [6, 6.07) is 12.5. The summed E-state index contributed by atoms with van der Waals surface area (Å²) in [7, 11) is 0. The monoisotopic (exact) mass is 333 g/mol. The van der Waals surface area contributed by atoms with Gasteiger partial charge in [0.15, 0.2) is 12.2 Å². The molecule has 0 saturated heterocycles. The Kier molecular flexibility index (Phi) is 3.65. The summed E-state index contributed by atoms with van der Waals surface area (Å²) in [5.74, 6) is -0.0919. The van der Waals surface area contributed by atoms with Crippen LogP contribution in [-0.4, -0.2) is 20.9 Å². The molecule has 4 aromatic rings. The fraction of sp³-hybridized carbons (Fsp3) is 0.158. The largest absolute Gasteiger partial charge is 0.452 e. The molecule has 0 N–H and O–H groups in total. The molecule has 6 nitrogen and oxygen atoms in total. The molecule has 0 aliphatic rings. The number of hydrogen-bond acceptors (Lipinski definition) is 6. The molecule has 2 heterocycles. The Labute approximate surface area is 143 Å². The number of carbonyl (C=O) groups is 1. The van der Waals surface area contributed by atoms with Gasteiger partial charge in [0.2, 0.25) is 5.89 Å². The topological polar surface area (TPSA) is 78.1 Å². The van der Waals surface area contributed by atoms with E-state index in [0.717, 1.165) is 22.4 Å². The Bertz CT molecular complexity index is 1070. The zero-order valence-electron chi connectivity index (χ0n) is 13.8. The molecule has 6 heteroatoms. The third kappa shape index (κ3) is 2.94. The molecule has 0 fully saturated rings. The highest BCUT2D eigenvalue weighted by Gasteiger charge is 2.12. The van der Waals surface area contributed by atoms with Crippen LogP contribution >= 0.6 is 0 Å². The SMILES string of the molecule is Cc1nc2ccc(C(=O)OCc3nc4ccccc4o3)cc2nc1C. The maximum Gasteiger partial charge on any atom is 0.338 e. The molecule has 4 rings (SSSR count). The summed E-state index contributed by atoms with van der Waals surface area (Å²) < 4.78 is 10.8. The summed E-state index contributed by atoms with van der Waals surface area (Å²) in [4.78, 5) is 25.5. The minimum absolute atomic E-state index is 0.0237. The van der Waals surface area contributed by atoms with Gasteiger partial charge in [-0.3, -0.25) is 0 Å². The van der Waals surface area contributed by atoms with Crippen LogP contribution in [0.5, 0.6) is 0 Å². The number of hydrogen-bond donors (Lipinski definition) is 0. The van der Waals surface area contributed by atoms with Gasteiger partial charge in [-0.2, -0.15) is 0 Å². The van der Waals surface area contributed by atoms with Crippen molar-refractivity contribution in [3.63, 3.8) is 0 Å². The summed E-state index contributed by atoms with van der Waals surface area (Å²) in [6.45, 7) is 3.77. The van der Waals surface area contributed by atoms with Gasteiger partial charge in [-0.1, -0.05) is 12.1 Å². The second-order valence-electron chi connectivity index (χ2n) is 5.75. The van der Waals surface area contributed by atoms with E-state index < -0.39 is 5.97 Å². The molecule has 0 saturated carbocycles. The normalized spacial score (nSPS) is 11.1. The van der Waals surface area contributed by atoms with Crippen molar-refractivity contribution in [2.75, 3.05) is 0 Å². The van der Waals surface area contributed by atoms with Crippen molar-refractivity contribution in [2.45, 2.75) is 20.5 Å². The van der Waals surface area contributed by atoms with Crippen molar-refractivity contribution >= 4 is 28.1 Å². The van der Waals surface area contributed by atoms with Crippen molar-refractivity contribution in [3.8, 4) is 0 Å². The quantitative estimate of drug-likeness (QED) is 0.531. The molecule has 0 bridgehead atoms. The molecule has 0 atom stereocenters. The number of aryl methyl sites for hydroxylation is 2. The van der Waals surface area contributed by atoms with Gasteiger partial charge in [0, 0.05) is 0 Å². The minimum Gasteiger partial charge on any atom is -0.452 e. The van der Waals surface area contributed by atoms with Crippen LogP contribution in [0.1, 0.15) is 27.6 Å². The van der Waals surface area contributed by atoms with Crippen molar-refractivity contribution in [3.05, 3.63) is 65.3 Å². The Hall–Kier alpha value is -3.28. The third-order valence-electron chi connectivity index (χ3n) is 3.98. The minimum atomic E-state index is -0.454. The van der Waals surface area contributed by atoms with Crippen LogP contribution in [-0.2, 0) is 11.3 Å². The maximum absolute atomic E-state index is 12.3. The van der Waals surface area contributed by atoms with Crippen molar-refractivity contribution in [2.24, 2.45) is 0 Å². The Balaban J connectivity index is 1.54. The van der Waals surface area contributed by atoms with Gasteiger partial charge in [-0.05, 0) is 44.2 Å². The van der Waals surface area contributed by atoms with Gasteiger partial charge < -0.3 is 9.15 Å². The number of carbonyl (C=O) groups excluding carboxylic acids is 1. The summed E-state index contributed by atoms with van der Waals surface area (Å²) in [6.07, 6.45) is 0. The molecule has 2 aromatic carbocycles. The molecule has 0 amide bonds. The van der Waals surface area contributed by atoms with Crippen molar-refractivity contribution in [1.29, 1.82) is 0 Å². The Morgan fingerprint density at radius 2 is 1.72 bits per heavy atom. The standard InChI is InChI=1S/C19H15N3O3/c1-11-12(2)21-16-9-13(7-8-14(16)20-11)19(23)24-10-18-22-15-5-3-4-6-17(15)25-18/h3-9H,10H2,1-2H3. The zero-order chi connectivity index (χ0) is 17.4. The van der Waals surface area contributed by atoms with Gasteiger partial charge in [0.05, 0.1) is 28.0 Å². The van der Waals surface area contributed by atoms with Gasteiger partial charge in [0.25, 0.3) is 0 Å². The lowest BCUT2D eigenvalue weighted by Gasteiger charge is -2.05. The van der Waals surface area contributed by atoms with Crippen LogP contribution in [0.2, 0.25) is 0 Å². The fourth-order valence-corrected chi connectivity index (χ4v) is 2.55. The Morgan fingerprint density at radius 3 is 2.52 bits per heavy atom. The van der Waals surface area contributed by atoms with Crippen LogP contribution < -0.4 is 0 Å². The second-order valence-corrected chi connectivity index (χ2v) is 5.75. The summed E-state index contributed by atoms with van der Waals surface area (Å²) in [5.41, 5.74) is 4.95. The number of esters is 1. The first kappa shape index (κ1) is 15.3. The van der Waals surface area contributed by atoms with E-state index in [1.54, 1.807) is 18.2 Å². The average Bonchev–Trinajstić information content (AvgIpc) is 3.03. The van der Waals surface area contributed by atoms with E-state index in [2.05, 4.69) is 15.0 Å². The molecule has 0 spiro atoms. The van der Waals surface area contributed by atoms with E-state index in [4.69, 9.17) is 9.15 Å². The number of benzene rings is 2. The lowest BCUT2D eigenvalue weighted by atomic mass is 10.2. The van der Waals surface area contributed by atoms with E-state index in [1.165, 1.54) is 0 Å². The predicted molar refractivity (Wildman–Crippen MR) is 92.1 cm³/mol. The first-order valence-electron chi connectivity index (χ1n) is 7.87. The second kappa shape index (κ2) is 5.98. The van der Waals surface area contributed by atoms with Crippen LogP contribution in [0.3, 0.4) is 0 Å². The van der Waals surface area contributed by atoms with E-state index in [1.807, 2.05) is 38.1 Å². The average molecular weight is 333 g/mol. The number of fused-ring (bicyclic) bond motifs is 2. The molecular weight excluding hydrogens is 318 g/mol. The van der Waals surface area contributed by atoms with Crippen LogP contribution in [0.15, 0.2) is 46.9 Å². The van der Waals surface area contributed by atoms with Crippen LogP contribution in [0.25, 0.3) is 22.1 Å². The molecule has 25 heavy (non-hydrogen) atoms. The predicted octanol–water partition coefficient (Wildman–Crippen LogP) is 3.74. The van der Waals surface area contributed by atoms with Gasteiger partial charge >= 0.3 is 5.97 Å². The number of rotatable bonds is 3. The van der Waals surface area contributed by atoms with Crippen molar-refractivity contribution < 1.29 is 13.9 Å². The molecule has 0 aliphatic carbocycles. The van der Waals surface area contributed by atoms with E-state index in [9.17, 15) is 4.79 Å². The number of nitrogens with zero attached hydrogens (tertiary/aromatic N) is 3.